The zero-order chi connectivity index (χ0) is 25.8. The number of nitrogens with zero attached hydrogens (tertiary/aromatic N) is 5. The Morgan fingerprint density at radius 1 is 1.14 bits per heavy atom. The number of thiocarbonyl (C=S) groups is 1. The highest BCUT2D eigenvalue weighted by Crippen LogP contribution is 2.40. The Bertz CT molecular complexity index is 1210. The molecule has 2 saturated heterocycles. The van der Waals surface area contributed by atoms with E-state index in [0.29, 0.717) is 40.4 Å². The Morgan fingerprint density at radius 3 is 2.59 bits per heavy atom. The van der Waals surface area contributed by atoms with Gasteiger partial charge >= 0.3 is 0 Å². The number of ether oxygens (including phenoxy) is 3. The molecule has 2 atom stereocenters. The van der Waals surface area contributed by atoms with Gasteiger partial charge in [0.1, 0.15) is 37.7 Å². The highest BCUT2D eigenvalue weighted by Gasteiger charge is 2.45. The van der Waals surface area contributed by atoms with Crippen molar-refractivity contribution >= 4 is 46.1 Å². The Morgan fingerprint density at radius 2 is 1.92 bits per heavy atom. The topological polar surface area (TPSA) is 90.9 Å². The van der Waals surface area contributed by atoms with E-state index in [2.05, 4.69) is 32.0 Å². The third kappa shape index (κ3) is 6.34. The molecule has 1 aromatic heterocycles. The van der Waals surface area contributed by atoms with Crippen molar-refractivity contribution in [3.8, 4) is 5.75 Å². The third-order valence-electron chi connectivity index (χ3n) is 6.43. The van der Waals surface area contributed by atoms with E-state index in [9.17, 15) is 0 Å². The highest BCUT2D eigenvalue weighted by molar-refractivity contribution is 7.80. The maximum Gasteiger partial charge on any atom is 0.217 e. The summed E-state index contributed by atoms with van der Waals surface area (Å²) in [5, 5.41) is 5.20. The van der Waals surface area contributed by atoms with Gasteiger partial charge in [-0.15, -0.1) is 0 Å². The Balaban J connectivity index is 1.20. The molecule has 0 saturated carbocycles. The molecule has 0 amide bonds. The maximum absolute atomic E-state index is 6.53. The van der Waals surface area contributed by atoms with Gasteiger partial charge in [0, 0.05) is 49.0 Å². The van der Waals surface area contributed by atoms with E-state index in [-0.39, 0.29) is 12.6 Å². The average Bonchev–Trinajstić information content (AvgIpc) is 3.54. The van der Waals surface area contributed by atoms with Gasteiger partial charge in [0.05, 0.1) is 16.6 Å². The lowest BCUT2D eigenvalue weighted by Gasteiger charge is -2.35. The summed E-state index contributed by atoms with van der Waals surface area (Å²) in [6, 6.07) is 13.4. The normalized spacial score (nSPS) is 22.3. The predicted octanol–water partition coefficient (Wildman–Crippen LogP) is 3.34. The van der Waals surface area contributed by atoms with Gasteiger partial charge in [-0.25, -0.2) is 9.67 Å². The molecule has 37 heavy (non-hydrogen) atoms. The van der Waals surface area contributed by atoms with E-state index in [1.807, 2.05) is 18.2 Å². The standard InChI is InChI=1S/C25H28Cl2N6O3S/c26-18-1-6-22(23(27)11-18)25(15-33-17-29-16-30-33)35-14-21(36-25)13-34-20-4-2-19(3-5-20)32-9-7-31(8-10-32)12-24(28)37/h1-6,11,16-17,21H,7-10,12-15H2,(H2,28,37)/t21-,25-/m1/s1. The van der Waals surface area contributed by atoms with Gasteiger partial charge in [-0.1, -0.05) is 41.5 Å². The number of benzene rings is 2. The molecule has 0 unspecified atom stereocenters. The van der Waals surface area contributed by atoms with Crippen molar-refractivity contribution in [2.75, 3.05) is 50.8 Å². The summed E-state index contributed by atoms with van der Waals surface area (Å²) in [4.78, 5) is 9.19. The molecule has 2 aliphatic heterocycles. The van der Waals surface area contributed by atoms with Crippen molar-refractivity contribution in [3.05, 3.63) is 70.7 Å². The van der Waals surface area contributed by atoms with Crippen LogP contribution < -0.4 is 15.4 Å². The third-order valence-corrected chi connectivity index (χ3v) is 7.10. The van der Waals surface area contributed by atoms with Crippen LogP contribution in [0.5, 0.6) is 5.75 Å². The first-order valence-corrected chi connectivity index (χ1v) is 13.1. The van der Waals surface area contributed by atoms with Crippen molar-refractivity contribution in [3.63, 3.8) is 0 Å². The van der Waals surface area contributed by atoms with Crippen LogP contribution in [0.15, 0.2) is 55.1 Å². The Kier molecular flexibility index (Phi) is 8.13. The first-order chi connectivity index (χ1) is 17.9. The number of hydrogen-bond acceptors (Lipinski definition) is 8. The second-order valence-electron chi connectivity index (χ2n) is 9.06. The number of hydrogen-bond donors (Lipinski definition) is 1. The van der Waals surface area contributed by atoms with E-state index in [1.165, 1.54) is 6.33 Å². The molecular weight excluding hydrogens is 535 g/mol. The molecule has 12 heteroatoms. The minimum atomic E-state index is -1.14. The summed E-state index contributed by atoms with van der Waals surface area (Å²) in [5.74, 6) is -0.374. The Labute approximate surface area is 231 Å². The lowest BCUT2D eigenvalue weighted by molar-refractivity contribution is -0.190. The van der Waals surface area contributed by atoms with E-state index < -0.39 is 5.79 Å². The van der Waals surface area contributed by atoms with Crippen LogP contribution in [0.4, 0.5) is 5.69 Å². The lowest BCUT2D eigenvalue weighted by Crippen LogP contribution is -2.48. The minimum absolute atomic E-state index is 0.282. The molecule has 9 nitrogen and oxygen atoms in total. The van der Waals surface area contributed by atoms with Crippen molar-refractivity contribution in [1.29, 1.82) is 0 Å². The molecule has 2 fully saturated rings. The fourth-order valence-electron chi connectivity index (χ4n) is 4.61. The lowest BCUT2D eigenvalue weighted by atomic mass is 10.1. The number of rotatable bonds is 9. The van der Waals surface area contributed by atoms with Crippen LogP contribution in [0.2, 0.25) is 10.0 Å². The average molecular weight is 564 g/mol. The molecule has 0 radical (unpaired) electrons. The summed E-state index contributed by atoms with van der Waals surface area (Å²) in [7, 11) is 0. The van der Waals surface area contributed by atoms with Crippen molar-refractivity contribution in [2.24, 2.45) is 5.73 Å². The van der Waals surface area contributed by atoms with Gasteiger partial charge in [0.2, 0.25) is 5.79 Å². The quantitative estimate of drug-likeness (QED) is 0.394. The van der Waals surface area contributed by atoms with E-state index >= 15 is 0 Å². The van der Waals surface area contributed by atoms with E-state index in [1.54, 1.807) is 23.1 Å². The number of aromatic nitrogens is 3. The van der Waals surface area contributed by atoms with Gasteiger partial charge in [0.15, 0.2) is 0 Å². The van der Waals surface area contributed by atoms with Crippen LogP contribution in [0.1, 0.15) is 5.56 Å². The first kappa shape index (κ1) is 26.1. The van der Waals surface area contributed by atoms with E-state index in [0.717, 1.165) is 37.6 Å². The zero-order valence-electron chi connectivity index (χ0n) is 20.1. The number of piperazine rings is 1. The van der Waals surface area contributed by atoms with Crippen LogP contribution in [-0.2, 0) is 21.8 Å². The van der Waals surface area contributed by atoms with Crippen LogP contribution in [0.3, 0.4) is 0 Å². The van der Waals surface area contributed by atoms with Crippen molar-refractivity contribution in [2.45, 2.75) is 18.4 Å². The summed E-state index contributed by atoms with van der Waals surface area (Å²) < 4.78 is 20.3. The summed E-state index contributed by atoms with van der Waals surface area (Å²) in [6.07, 6.45) is 2.76. The molecule has 3 aromatic rings. The summed E-state index contributed by atoms with van der Waals surface area (Å²) in [5.41, 5.74) is 7.51. The second-order valence-corrected chi connectivity index (χ2v) is 10.4. The van der Waals surface area contributed by atoms with Crippen LogP contribution in [0, 0.1) is 0 Å². The second kappa shape index (κ2) is 11.5. The number of nitrogens with two attached hydrogens (primary N) is 1. The van der Waals surface area contributed by atoms with Gasteiger partial charge in [0.25, 0.3) is 0 Å². The van der Waals surface area contributed by atoms with Crippen LogP contribution in [0.25, 0.3) is 0 Å². The molecular formula is C25H28Cl2N6O3S. The predicted molar refractivity (Wildman–Crippen MR) is 146 cm³/mol. The van der Waals surface area contributed by atoms with Gasteiger partial charge in [-0.05, 0) is 36.4 Å². The molecule has 3 heterocycles. The maximum atomic E-state index is 6.53. The zero-order valence-corrected chi connectivity index (χ0v) is 22.5. The SMILES string of the molecule is NC(=S)CN1CCN(c2ccc(OC[C@@H]3CO[C@@](Cn4cncn4)(c4ccc(Cl)cc4Cl)O3)cc2)CC1. The molecule has 2 N–H and O–H groups in total. The molecule has 2 aliphatic rings. The first-order valence-electron chi connectivity index (χ1n) is 12.0. The molecule has 0 bridgehead atoms. The van der Waals surface area contributed by atoms with Gasteiger partial charge in [-0.3, -0.25) is 4.90 Å². The minimum Gasteiger partial charge on any atom is -0.491 e. The molecule has 0 aliphatic carbocycles. The fourth-order valence-corrected chi connectivity index (χ4v) is 5.34. The summed E-state index contributed by atoms with van der Waals surface area (Å²) >= 11 is 17.7. The molecule has 5 rings (SSSR count). The van der Waals surface area contributed by atoms with Crippen LogP contribution >= 0.6 is 35.4 Å². The fraction of sp³-hybridized carbons (Fsp3) is 0.400. The Hall–Kier alpha value is -2.47. The van der Waals surface area contributed by atoms with Crippen molar-refractivity contribution < 1.29 is 14.2 Å². The number of anilines is 1. The smallest absolute Gasteiger partial charge is 0.217 e. The molecule has 196 valence electrons. The van der Waals surface area contributed by atoms with E-state index in [4.69, 9.17) is 55.4 Å². The van der Waals surface area contributed by atoms with Gasteiger partial charge in [-0.2, -0.15) is 5.10 Å². The van der Waals surface area contributed by atoms with Crippen molar-refractivity contribution in [1.82, 2.24) is 19.7 Å². The van der Waals surface area contributed by atoms with Crippen LogP contribution in [-0.4, -0.2) is 76.7 Å². The largest absolute Gasteiger partial charge is 0.491 e. The number of halogens is 2. The summed E-state index contributed by atoms with van der Waals surface area (Å²) in [6.45, 7) is 5.33. The van der Waals surface area contributed by atoms with Gasteiger partial charge < -0.3 is 24.8 Å². The monoisotopic (exact) mass is 562 g/mol. The highest BCUT2D eigenvalue weighted by atomic mass is 35.5. The molecule has 0 spiro atoms. The molecule has 2 aromatic carbocycles.